The molecule has 1 aliphatic rings. The van der Waals surface area contributed by atoms with Crippen LogP contribution in [0, 0.1) is 0 Å². The molecule has 0 spiro atoms. The molecule has 1 atom stereocenters. The van der Waals surface area contributed by atoms with Crippen molar-refractivity contribution in [1.82, 2.24) is 20.4 Å². The van der Waals surface area contributed by atoms with E-state index in [0.717, 1.165) is 63.9 Å². The van der Waals surface area contributed by atoms with E-state index in [9.17, 15) is 5.11 Å². The van der Waals surface area contributed by atoms with Gasteiger partial charge in [0, 0.05) is 45.8 Å². The zero-order valence-corrected chi connectivity index (χ0v) is 19.3. The first-order chi connectivity index (χ1) is 12.0. The molecule has 1 aromatic rings. The third kappa shape index (κ3) is 7.67. The summed E-state index contributed by atoms with van der Waals surface area (Å²) in [6.45, 7) is 14.9. The van der Waals surface area contributed by atoms with E-state index < -0.39 is 5.60 Å². The van der Waals surface area contributed by atoms with E-state index in [0.29, 0.717) is 6.54 Å². The molecule has 3 N–H and O–H groups in total. The van der Waals surface area contributed by atoms with Crippen molar-refractivity contribution in [3.05, 3.63) is 22.4 Å². The van der Waals surface area contributed by atoms with Gasteiger partial charge in [-0.1, -0.05) is 6.92 Å². The lowest BCUT2D eigenvalue weighted by atomic mass is 10.00. The lowest BCUT2D eigenvalue weighted by molar-refractivity contribution is 0.0677. The molecule has 1 saturated heterocycles. The monoisotopic (exact) mass is 495 g/mol. The van der Waals surface area contributed by atoms with Gasteiger partial charge in [-0.15, -0.1) is 24.0 Å². The molecule has 2 heterocycles. The van der Waals surface area contributed by atoms with Crippen LogP contribution in [-0.4, -0.2) is 79.8 Å². The van der Waals surface area contributed by atoms with Crippen LogP contribution in [0.2, 0.25) is 0 Å². The topological polar surface area (TPSA) is 63.1 Å². The number of nitrogens with one attached hydrogen (secondary N) is 2. The van der Waals surface area contributed by atoms with Crippen LogP contribution in [0.15, 0.2) is 21.8 Å². The van der Waals surface area contributed by atoms with Crippen LogP contribution in [-0.2, 0) is 5.60 Å². The van der Waals surface area contributed by atoms with Gasteiger partial charge in [0.15, 0.2) is 5.96 Å². The van der Waals surface area contributed by atoms with Crippen LogP contribution in [0.1, 0.15) is 26.3 Å². The largest absolute Gasteiger partial charge is 0.383 e. The average molecular weight is 495 g/mol. The average Bonchev–Trinajstić information content (AvgIpc) is 3.16. The van der Waals surface area contributed by atoms with E-state index in [1.165, 1.54) is 0 Å². The van der Waals surface area contributed by atoms with Crippen molar-refractivity contribution in [2.75, 3.05) is 58.9 Å². The predicted molar refractivity (Wildman–Crippen MR) is 122 cm³/mol. The van der Waals surface area contributed by atoms with Crippen molar-refractivity contribution in [2.24, 2.45) is 4.99 Å². The first kappa shape index (κ1) is 23.6. The van der Waals surface area contributed by atoms with E-state index in [2.05, 4.69) is 39.3 Å². The summed E-state index contributed by atoms with van der Waals surface area (Å²) < 4.78 is 0. The molecular weight excluding hydrogens is 461 g/mol. The summed E-state index contributed by atoms with van der Waals surface area (Å²) >= 11 is 1.59. The maximum absolute atomic E-state index is 10.6. The Bertz CT molecular complexity index is 516. The van der Waals surface area contributed by atoms with Gasteiger partial charge in [0.1, 0.15) is 5.60 Å². The number of guanidine groups is 1. The fourth-order valence-electron chi connectivity index (χ4n) is 2.90. The fourth-order valence-corrected chi connectivity index (χ4v) is 3.68. The second-order valence-electron chi connectivity index (χ2n) is 6.68. The highest BCUT2D eigenvalue weighted by Gasteiger charge is 2.23. The zero-order chi connectivity index (χ0) is 18.1. The van der Waals surface area contributed by atoms with Crippen molar-refractivity contribution in [1.29, 1.82) is 0 Å². The fraction of sp³-hybridized carbons (Fsp3) is 0.722. The zero-order valence-electron chi connectivity index (χ0n) is 16.2. The summed E-state index contributed by atoms with van der Waals surface area (Å²) in [6, 6.07) is 1.95. The standard InChI is InChI=1S/C18H33N5OS.HI/c1-4-19-17(21-15-18(3,24)16-6-13-25-14-16)20-7-8-23-11-9-22(5-2)10-12-23;/h6,13-14,24H,4-5,7-12,15H2,1-3H3,(H2,19,20,21);1H. The van der Waals surface area contributed by atoms with Gasteiger partial charge in [-0.3, -0.25) is 4.90 Å². The molecule has 0 saturated carbocycles. The van der Waals surface area contributed by atoms with Gasteiger partial charge in [-0.05, 0) is 42.8 Å². The number of piperazine rings is 1. The Balaban J connectivity index is 0.00000338. The Morgan fingerprint density at radius 2 is 1.92 bits per heavy atom. The molecular formula is C18H34IN5OS. The maximum Gasteiger partial charge on any atom is 0.191 e. The minimum atomic E-state index is -0.932. The van der Waals surface area contributed by atoms with Crippen LogP contribution in [0.25, 0.3) is 0 Å². The minimum absolute atomic E-state index is 0. The number of aliphatic imine (C=N–C) groups is 1. The predicted octanol–water partition coefficient (Wildman–Crippen LogP) is 1.77. The van der Waals surface area contributed by atoms with Gasteiger partial charge in [0.25, 0.3) is 0 Å². The number of thiophene rings is 1. The number of hydrogen-bond donors (Lipinski definition) is 3. The van der Waals surface area contributed by atoms with Gasteiger partial charge in [-0.25, -0.2) is 4.99 Å². The Morgan fingerprint density at radius 1 is 1.23 bits per heavy atom. The Morgan fingerprint density at radius 3 is 2.50 bits per heavy atom. The molecule has 1 aliphatic heterocycles. The van der Waals surface area contributed by atoms with Gasteiger partial charge < -0.3 is 20.6 Å². The second-order valence-corrected chi connectivity index (χ2v) is 7.46. The first-order valence-electron chi connectivity index (χ1n) is 9.27. The summed E-state index contributed by atoms with van der Waals surface area (Å²) in [5.74, 6) is 0.769. The smallest absolute Gasteiger partial charge is 0.191 e. The molecule has 2 rings (SSSR count). The van der Waals surface area contributed by atoms with Crippen molar-refractivity contribution >= 4 is 41.3 Å². The van der Waals surface area contributed by atoms with Crippen molar-refractivity contribution in [3.8, 4) is 0 Å². The molecule has 0 aliphatic carbocycles. The Labute approximate surface area is 179 Å². The van der Waals surface area contributed by atoms with Crippen molar-refractivity contribution in [2.45, 2.75) is 26.4 Å². The lowest BCUT2D eigenvalue weighted by Crippen LogP contribution is -2.49. The number of likely N-dealkylation sites (N-methyl/N-ethyl adjacent to an activating group) is 1. The van der Waals surface area contributed by atoms with Gasteiger partial charge in [0.2, 0.25) is 0 Å². The summed E-state index contributed by atoms with van der Waals surface area (Å²) in [5, 5.41) is 21.2. The highest BCUT2D eigenvalue weighted by Crippen LogP contribution is 2.23. The van der Waals surface area contributed by atoms with E-state index in [4.69, 9.17) is 0 Å². The molecule has 0 amide bonds. The molecule has 6 nitrogen and oxygen atoms in total. The molecule has 150 valence electrons. The number of nitrogens with zero attached hydrogens (tertiary/aromatic N) is 3. The quantitative estimate of drug-likeness (QED) is 0.292. The molecule has 1 unspecified atom stereocenters. The normalized spacial score (nSPS) is 18.8. The van der Waals surface area contributed by atoms with E-state index >= 15 is 0 Å². The van der Waals surface area contributed by atoms with Crippen molar-refractivity contribution in [3.63, 3.8) is 0 Å². The van der Waals surface area contributed by atoms with Crippen LogP contribution in [0.3, 0.4) is 0 Å². The molecule has 1 fully saturated rings. The Kier molecular flexibility index (Phi) is 11.0. The highest BCUT2D eigenvalue weighted by molar-refractivity contribution is 14.0. The molecule has 0 radical (unpaired) electrons. The highest BCUT2D eigenvalue weighted by atomic mass is 127. The second kappa shape index (κ2) is 12.1. The van der Waals surface area contributed by atoms with E-state index in [1.54, 1.807) is 11.3 Å². The van der Waals surface area contributed by atoms with Crippen LogP contribution < -0.4 is 10.6 Å². The number of halogens is 1. The van der Waals surface area contributed by atoms with Crippen LogP contribution >= 0.6 is 35.3 Å². The lowest BCUT2D eigenvalue weighted by Gasteiger charge is -2.34. The third-order valence-corrected chi connectivity index (χ3v) is 5.35. The minimum Gasteiger partial charge on any atom is -0.383 e. The molecule has 8 heteroatoms. The summed E-state index contributed by atoms with van der Waals surface area (Å²) in [7, 11) is 0. The summed E-state index contributed by atoms with van der Waals surface area (Å²) in [6.07, 6.45) is 0. The summed E-state index contributed by atoms with van der Waals surface area (Å²) in [4.78, 5) is 9.55. The summed E-state index contributed by atoms with van der Waals surface area (Å²) in [5.41, 5.74) is -0.00959. The van der Waals surface area contributed by atoms with Crippen LogP contribution in [0.5, 0.6) is 0 Å². The SMILES string of the molecule is CCNC(=NCC(C)(O)c1ccsc1)NCCN1CCN(CC)CC1.I. The molecule has 0 bridgehead atoms. The third-order valence-electron chi connectivity index (χ3n) is 4.66. The molecule has 1 aromatic heterocycles. The first-order valence-corrected chi connectivity index (χ1v) is 10.2. The Hall–Kier alpha value is -0.420. The number of rotatable bonds is 8. The van der Waals surface area contributed by atoms with E-state index in [1.807, 2.05) is 23.8 Å². The molecule has 26 heavy (non-hydrogen) atoms. The van der Waals surface area contributed by atoms with Crippen molar-refractivity contribution < 1.29 is 5.11 Å². The number of aliphatic hydroxyl groups is 1. The number of hydrogen-bond acceptors (Lipinski definition) is 5. The molecule has 0 aromatic carbocycles. The van der Waals surface area contributed by atoms with Gasteiger partial charge in [-0.2, -0.15) is 11.3 Å². The maximum atomic E-state index is 10.6. The van der Waals surface area contributed by atoms with Gasteiger partial charge >= 0.3 is 0 Å². The van der Waals surface area contributed by atoms with Gasteiger partial charge in [0.05, 0.1) is 6.54 Å². The van der Waals surface area contributed by atoms with Crippen LogP contribution in [0.4, 0.5) is 0 Å². The van der Waals surface area contributed by atoms with E-state index in [-0.39, 0.29) is 24.0 Å².